The van der Waals surface area contributed by atoms with E-state index in [9.17, 15) is 4.79 Å². The van der Waals surface area contributed by atoms with E-state index >= 15 is 0 Å². The first-order valence-corrected chi connectivity index (χ1v) is 9.09. The summed E-state index contributed by atoms with van der Waals surface area (Å²) in [5, 5.41) is 6.68. The van der Waals surface area contributed by atoms with Crippen molar-refractivity contribution in [3.63, 3.8) is 0 Å². The van der Waals surface area contributed by atoms with Crippen molar-refractivity contribution in [2.24, 2.45) is 0 Å². The van der Waals surface area contributed by atoms with Gasteiger partial charge in [0.25, 0.3) is 0 Å². The average molecular weight is 355 g/mol. The van der Waals surface area contributed by atoms with E-state index in [0.29, 0.717) is 11.7 Å². The third-order valence-corrected chi connectivity index (χ3v) is 4.72. The summed E-state index contributed by atoms with van der Waals surface area (Å²) in [4.78, 5) is 16.6. The fourth-order valence-corrected chi connectivity index (χ4v) is 3.39. The summed E-state index contributed by atoms with van der Waals surface area (Å²) in [7, 11) is 0. The number of ether oxygens (including phenoxy) is 1. The molecule has 0 aliphatic rings. The predicted molar refractivity (Wildman–Crippen MR) is 102 cm³/mol. The lowest BCUT2D eigenvalue weighted by atomic mass is 10.1. The Morgan fingerprint density at radius 2 is 2.04 bits per heavy atom. The van der Waals surface area contributed by atoms with E-state index in [0.717, 1.165) is 21.5 Å². The van der Waals surface area contributed by atoms with E-state index < -0.39 is 0 Å². The van der Waals surface area contributed by atoms with Crippen LogP contribution in [-0.4, -0.2) is 24.0 Å². The van der Waals surface area contributed by atoms with E-state index in [1.54, 1.807) is 0 Å². The molecule has 3 rings (SSSR count). The van der Waals surface area contributed by atoms with E-state index in [4.69, 9.17) is 4.74 Å². The van der Waals surface area contributed by atoms with Crippen LogP contribution in [0.3, 0.4) is 0 Å². The van der Waals surface area contributed by atoms with Crippen LogP contribution in [0, 0.1) is 0 Å². The van der Waals surface area contributed by atoms with Gasteiger partial charge in [-0.3, -0.25) is 4.79 Å². The number of benzene rings is 2. The van der Waals surface area contributed by atoms with Crippen molar-refractivity contribution < 1.29 is 9.53 Å². The fourth-order valence-electron chi connectivity index (χ4n) is 2.48. The Morgan fingerprint density at radius 3 is 2.80 bits per heavy atom. The van der Waals surface area contributed by atoms with Gasteiger partial charge < -0.3 is 15.4 Å². The molecule has 1 heterocycles. The molecule has 0 fully saturated rings. The van der Waals surface area contributed by atoms with Gasteiger partial charge >= 0.3 is 0 Å². The second-order valence-corrected chi connectivity index (χ2v) is 6.67. The van der Waals surface area contributed by atoms with Crippen molar-refractivity contribution in [2.45, 2.75) is 19.9 Å². The molecule has 25 heavy (non-hydrogen) atoms. The minimum Gasteiger partial charge on any atom is -0.494 e. The Hall–Kier alpha value is -2.44. The van der Waals surface area contributed by atoms with Crippen LogP contribution in [0.15, 0.2) is 48.5 Å². The Morgan fingerprint density at radius 1 is 1.24 bits per heavy atom. The van der Waals surface area contributed by atoms with Gasteiger partial charge in [0, 0.05) is 6.04 Å². The normalized spacial score (nSPS) is 12.1. The molecule has 0 spiro atoms. The van der Waals surface area contributed by atoms with Crippen molar-refractivity contribution in [1.29, 1.82) is 0 Å². The summed E-state index contributed by atoms with van der Waals surface area (Å²) in [6.07, 6.45) is 0. The summed E-state index contributed by atoms with van der Waals surface area (Å²) in [5.41, 5.74) is 2.01. The summed E-state index contributed by atoms with van der Waals surface area (Å²) in [6, 6.07) is 15.9. The first kappa shape index (κ1) is 17.4. The molecule has 2 N–H and O–H groups in total. The number of anilines is 1. The standard InChI is InChI=1S/C19H21N3O2S/c1-3-24-15-9-10-16-17(11-15)25-19(21-16)22-18(23)12-20-13(2)14-7-5-4-6-8-14/h4-11,13,20H,3,12H2,1-2H3,(H,21,22,23). The highest BCUT2D eigenvalue weighted by molar-refractivity contribution is 7.22. The van der Waals surface area contributed by atoms with Crippen LogP contribution >= 0.6 is 11.3 Å². The lowest BCUT2D eigenvalue weighted by Crippen LogP contribution is -2.30. The molecular formula is C19H21N3O2S. The van der Waals surface area contributed by atoms with Gasteiger partial charge in [-0.2, -0.15) is 0 Å². The van der Waals surface area contributed by atoms with Crippen LogP contribution in [0.5, 0.6) is 5.75 Å². The molecule has 0 saturated heterocycles. The van der Waals surface area contributed by atoms with Crippen molar-refractivity contribution in [3.8, 4) is 5.75 Å². The molecule has 6 heteroatoms. The van der Waals surface area contributed by atoms with Crippen molar-refractivity contribution in [3.05, 3.63) is 54.1 Å². The van der Waals surface area contributed by atoms with Gasteiger partial charge in [-0.15, -0.1) is 0 Å². The van der Waals surface area contributed by atoms with Gasteiger partial charge in [-0.1, -0.05) is 41.7 Å². The molecule has 5 nitrogen and oxygen atoms in total. The zero-order valence-corrected chi connectivity index (χ0v) is 15.1. The van der Waals surface area contributed by atoms with Crippen molar-refractivity contribution in [2.75, 3.05) is 18.5 Å². The zero-order chi connectivity index (χ0) is 17.6. The zero-order valence-electron chi connectivity index (χ0n) is 14.3. The summed E-state index contributed by atoms with van der Waals surface area (Å²) in [5.74, 6) is 0.710. The molecule has 130 valence electrons. The Balaban J connectivity index is 1.58. The largest absolute Gasteiger partial charge is 0.494 e. The predicted octanol–water partition coefficient (Wildman–Crippen LogP) is 3.98. The first-order valence-electron chi connectivity index (χ1n) is 8.27. The highest BCUT2D eigenvalue weighted by Gasteiger charge is 2.10. The number of hydrogen-bond donors (Lipinski definition) is 2. The Bertz CT molecular complexity index is 848. The fraction of sp³-hybridized carbons (Fsp3) is 0.263. The molecule has 1 atom stereocenters. The van der Waals surface area contributed by atoms with Crippen LogP contribution in [0.4, 0.5) is 5.13 Å². The van der Waals surface area contributed by atoms with E-state index in [1.807, 2.05) is 62.4 Å². The molecular weight excluding hydrogens is 334 g/mol. The van der Waals surface area contributed by atoms with E-state index in [1.165, 1.54) is 11.3 Å². The number of amides is 1. The number of nitrogens with one attached hydrogen (secondary N) is 2. The van der Waals surface area contributed by atoms with Crippen LogP contribution in [-0.2, 0) is 4.79 Å². The minimum absolute atomic E-state index is 0.105. The maximum absolute atomic E-state index is 12.2. The molecule has 1 aromatic heterocycles. The molecule has 3 aromatic rings. The topological polar surface area (TPSA) is 63.2 Å². The molecule has 0 bridgehead atoms. The van der Waals surface area contributed by atoms with Gasteiger partial charge in [0.15, 0.2) is 5.13 Å². The lowest BCUT2D eigenvalue weighted by molar-refractivity contribution is -0.115. The van der Waals surface area contributed by atoms with Crippen LogP contribution in [0.1, 0.15) is 25.5 Å². The monoisotopic (exact) mass is 355 g/mol. The minimum atomic E-state index is -0.105. The maximum atomic E-state index is 12.2. The lowest BCUT2D eigenvalue weighted by Gasteiger charge is -2.13. The van der Waals surface area contributed by atoms with E-state index in [2.05, 4.69) is 15.6 Å². The second kappa shape index (κ2) is 8.09. The molecule has 2 aromatic carbocycles. The molecule has 0 radical (unpaired) electrons. The van der Waals surface area contributed by atoms with Crippen molar-refractivity contribution >= 4 is 32.6 Å². The summed E-state index contributed by atoms with van der Waals surface area (Å²) in [6.45, 7) is 4.84. The average Bonchev–Trinajstić information content (AvgIpc) is 3.02. The summed E-state index contributed by atoms with van der Waals surface area (Å²) >= 11 is 1.45. The third-order valence-electron chi connectivity index (χ3n) is 3.79. The number of thiazole rings is 1. The molecule has 0 aliphatic heterocycles. The number of carbonyl (C=O) groups excluding carboxylic acids is 1. The number of nitrogens with zero attached hydrogens (tertiary/aromatic N) is 1. The third kappa shape index (κ3) is 4.55. The number of aromatic nitrogens is 1. The summed E-state index contributed by atoms with van der Waals surface area (Å²) < 4.78 is 6.49. The van der Waals surface area contributed by atoms with Crippen LogP contribution in [0.2, 0.25) is 0 Å². The SMILES string of the molecule is CCOc1ccc2nc(NC(=O)CNC(C)c3ccccc3)sc2c1. The Kier molecular flexibility index (Phi) is 5.63. The van der Waals surface area contributed by atoms with Gasteiger partial charge in [0.1, 0.15) is 5.75 Å². The molecule has 1 amide bonds. The van der Waals surface area contributed by atoms with Crippen molar-refractivity contribution in [1.82, 2.24) is 10.3 Å². The van der Waals surface area contributed by atoms with E-state index in [-0.39, 0.29) is 18.5 Å². The van der Waals surface area contributed by atoms with Crippen LogP contribution in [0.25, 0.3) is 10.2 Å². The van der Waals surface area contributed by atoms with Gasteiger partial charge in [-0.25, -0.2) is 4.98 Å². The molecule has 0 saturated carbocycles. The van der Waals surface area contributed by atoms with Gasteiger partial charge in [0.2, 0.25) is 5.91 Å². The number of fused-ring (bicyclic) bond motifs is 1. The van der Waals surface area contributed by atoms with Gasteiger partial charge in [-0.05, 0) is 37.6 Å². The second-order valence-electron chi connectivity index (χ2n) is 5.64. The number of carbonyl (C=O) groups is 1. The van der Waals surface area contributed by atoms with Crippen LogP contribution < -0.4 is 15.4 Å². The maximum Gasteiger partial charge on any atom is 0.240 e. The molecule has 0 aliphatic carbocycles. The first-order chi connectivity index (χ1) is 12.2. The Labute approximate surface area is 151 Å². The van der Waals surface area contributed by atoms with Gasteiger partial charge in [0.05, 0.1) is 23.4 Å². The number of rotatable bonds is 7. The highest BCUT2D eigenvalue weighted by Crippen LogP contribution is 2.29. The number of hydrogen-bond acceptors (Lipinski definition) is 5. The molecule has 1 unspecified atom stereocenters. The highest BCUT2D eigenvalue weighted by atomic mass is 32.1. The smallest absolute Gasteiger partial charge is 0.240 e. The quantitative estimate of drug-likeness (QED) is 0.673.